The number of carbonyl (C=O) groups excluding carboxylic acids is 1. The molecule has 1 unspecified atom stereocenters. The zero-order chi connectivity index (χ0) is 16.2. The Morgan fingerprint density at radius 1 is 1.22 bits per heavy atom. The van der Waals surface area contributed by atoms with Gasteiger partial charge in [0.1, 0.15) is 5.75 Å². The first-order valence-electron chi connectivity index (χ1n) is 7.55. The number of fused-ring (bicyclic) bond motifs is 1. The monoisotopic (exact) mass is 331 g/mol. The minimum Gasteiger partial charge on any atom is -0.484 e. The number of rotatable bonds is 3. The second-order valence-corrected chi connectivity index (χ2v) is 6.00. The molecule has 3 rings (SSSR count). The molecule has 0 saturated heterocycles. The van der Waals surface area contributed by atoms with Crippen molar-refractivity contribution >= 4 is 17.5 Å². The average Bonchev–Trinajstić information content (AvgIpc) is 2.74. The summed E-state index contributed by atoms with van der Waals surface area (Å²) in [6.45, 7) is 0.981. The van der Waals surface area contributed by atoms with Crippen LogP contribution < -0.4 is 4.74 Å². The van der Waals surface area contributed by atoms with E-state index in [0.29, 0.717) is 30.3 Å². The summed E-state index contributed by atoms with van der Waals surface area (Å²) in [5.41, 5.74) is 1.89. The quantitative estimate of drug-likeness (QED) is 0.939. The number of aliphatic hydroxyl groups is 1. The van der Waals surface area contributed by atoms with Crippen LogP contribution in [0.15, 0.2) is 48.5 Å². The van der Waals surface area contributed by atoms with Gasteiger partial charge in [0.25, 0.3) is 5.91 Å². The number of halogens is 1. The maximum Gasteiger partial charge on any atom is 0.260 e. The van der Waals surface area contributed by atoms with E-state index < -0.39 is 6.10 Å². The van der Waals surface area contributed by atoms with Crippen LogP contribution in [0.1, 0.15) is 23.7 Å². The van der Waals surface area contributed by atoms with Crippen LogP contribution in [0.5, 0.6) is 5.75 Å². The molecule has 1 aliphatic heterocycles. The third-order valence-electron chi connectivity index (χ3n) is 3.98. The van der Waals surface area contributed by atoms with E-state index in [0.717, 1.165) is 11.1 Å². The molecule has 0 bridgehead atoms. The van der Waals surface area contributed by atoms with Crippen LogP contribution in [0, 0.1) is 0 Å². The summed E-state index contributed by atoms with van der Waals surface area (Å²) in [6, 6.07) is 14.6. The van der Waals surface area contributed by atoms with Gasteiger partial charge in [-0.05, 0) is 41.8 Å². The molecule has 1 aliphatic rings. The maximum atomic E-state index is 12.4. The largest absolute Gasteiger partial charge is 0.484 e. The summed E-state index contributed by atoms with van der Waals surface area (Å²) in [5, 5.41) is 10.8. The van der Waals surface area contributed by atoms with E-state index in [1.807, 2.05) is 24.3 Å². The molecule has 4 nitrogen and oxygen atoms in total. The fourth-order valence-electron chi connectivity index (χ4n) is 2.70. The summed E-state index contributed by atoms with van der Waals surface area (Å²) in [6.07, 6.45) is 0.00476. The van der Waals surface area contributed by atoms with Crippen LogP contribution in [0.25, 0.3) is 0 Å². The molecule has 23 heavy (non-hydrogen) atoms. The Balaban J connectivity index is 1.65. The number of amides is 1. The Hall–Kier alpha value is -2.04. The van der Waals surface area contributed by atoms with Crippen LogP contribution in [-0.2, 0) is 11.3 Å². The number of hydrogen-bond donors (Lipinski definition) is 1. The van der Waals surface area contributed by atoms with E-state index in [2.05, 4.69) is 0 Å². The lowest BCUT2D eigenvalue weighted by Crippen LogP contribution is -2.34. The molecule has 0 aliphatic carbocycles. The number of nitrogens with zero attached hydrogens (tertiary/aromatic N) is 1. The Bertz CT molecular complexity index is 687. The fourth-order valence-corrected chi connectivity index (χ4v) is 2.83. The van der Waals surface area contributed by atoms with Crippen molar-refractivity contribution in [3.63, 3.8) is 0 Å². The highest BCUT2D eigenvalue weighted by Gasteiger charge is 2.23. The van der Waals surface area contributed by atoms with Crippen molar-refractivity contribution in [2.75, 3.05) is 13.2 Å². The predicted molar refractivity (Wildman–Crippen MR) is 88.4 cm³/mol. The number of aliphatic hydroxyl groups excluding tert-OH is 1. The number of carbonyl (C=O) groups is 1. The average molecular weight is 332 g/mol. The van der Waals surface area contributed by atoms with Crippen LogP contribution in [-0.4, -0.2) is 29.1 Å². The van der Waals surface area contributed by atoms with Gasteiger partial charge < -0.3 is 14.7 Å². The van der Waals surface area contributed by atoms with Crippen molar-refractivity contribution in [1.82, 2.24) is 4.90 Å². The Labute approximate surface area is 140 Å². The molecule has 2 aromatic carbocycles. The van der Waals surface area contributed by atoms with Gasteiger partial charge in [0.15, 0.2) is 6.61 Å². The van der Waals surface area contributed by atoms with Gasteiger partial charge in [-0.15, -0.1) is 0 Å². The molecule has 2 aromatic rings. The van der Waals surface area contributed by atoms with Gasteiger partial charge in [-0.1, -0.05) is 35.9 Å². The lowest BCUT2D eigenvalue weighted by molar-refractivity contribution is -0.134. The van der Waals surface area contributed by atoms with Crippen molar-refractivity contribution < 1.29 is 14.6 Å². The molecular weight excluding hydrogens is 314 g/mol. The summed E-state index contributed by atoms with van der Waals surface area (Å²) < 4.78 is 5.52. The molecule has 0 fully saturated rings. The minimum atomic E-state index is -0.527. The van der Waals surface area contributed by atoms with Crippen molar-refractivity contribution in [3.05, 3.63) is 64.7 Å². The van der Waals surface area contributed by atoms with E-state index >= 15 is 0 Å². The van der Waals surface area contributed by atoms with E-state index in [1.54, 1.807) is 29.2 Å². The topological polar surface area (TPSA) is 49.8 Å². The summed E-state index contributed by atoms with van der Waals surface area (Å²) >= 11 is 5.82. The first-order valence-corrected chi connectivity index (χ1v) is 7.93. The molecule has 5 heteroatoms. The molecular formula is C18H18ClNO3. The second-order valence-electron chi connectivity index (χ2n) is 5.56. The molecule has 0 radical (unpaired) electrons. The SMILES string of the molecule is O=C(COc1ccc(Cl)cc1)N1CCC(O)c2ccccc2C1. The lowest BCUT2D eigenvalue weighted by Gasteiger charge is -2.21. The van der Waals surface area contributed by atoms with Gasteiger partial charge in [-0.3, -0.25) is 4.79 Å². The number of hydrogen-bond acceptors (Lipinski definition) is 3. The predicted octanol–water partition coefficient (Wildman–Crippen LogP) is 3.18. The molecule has 1 amide bonds. The highest BCUT2D eigenvalue weighted by atomic mass is 35.5. The molecule has 0 spiro atoms. The van der Waals surface area contributed by atoms with Crippen LogP contribution >= 0.6 is 11.6 Å². The van der Waals surface area contributed by atoms with Gasteiger partial charge in [-0.25, -0.2) is 0 Å². The van der Waals surface area contributed by atoms with Crippen LogP contribution in [0.3, 0.4) is 0 Å². The maximum absolute atomic E-state index is 12.4. The summed E-state index contributed by atoms with van der Waals surface area (Å²) in [5.74, 6) is 0.516. The molecule has 1 atom stereocenters. The molecule has 0 aromatic heterocycles. The Morgan fingerprint density at radius 3 is 2.74 bits per heavy atom. The highest BCUT2D eigenvalue weighted by molar-refractivity contribution is 6.30. The summed E-state index contributed by atoms with van der Waals surface area (Å²) in [7, 11) is 0. The fraction of sp³-hybridized carbons (Fsp3) is 0.278. The van der Waals surface area contributed by atoms with Crippen LogP contribution in [0.2, 0.25) is 5.02 Å². The first-order chi connectivity index (χ1) is 11.1. The molecule has 0 saturated carbocycles. The Morgan fingerprint density at radius 2 is 1.96 bits per heavy atom. The van der Waals surface area contributed by atoms with Gasteiger partial charge >= 0.3 is 0 Å². The first kappa shape index (κ1) is 15.8. The van der Waals surface area contributed by atoms with E-state index in [9.17, 15) is 9.90 Å². The van der Waals surface area contributed by atoms with E-state index in [4.69, 9.17) is 16.3 Å². The van der Waals surface area contributed by atoms with Crippen molar-refractivity contribution in [1.29, 1.82) is 0 Å². The van der Waals surface area contributed by atoms with Gasteiger partial charge in [-0.2, -0.15) is 0 Å². The summed E-state index contributed by atoms with van der Waals surface area (Å²) in [4.78, 5) is 14.1. The third kappa shape index (κ3) is 3.84. The van der Waals surface area contributed by atoms with Gasteiger partial charge in [0.2, 0.25) is 0 Å². The third-order valence-corrected chi connectivity index (χ3v) is 4.23. The van der Waals surface area contributed by atoms with E-state index in [1.165, 1.54) is 0 Å². The van der Waals surface area contributed by atoms with Gasteiger partial charge in [0, 0.05) is 18.1 Å². The second kappa shape index (κ2) is 7.02. The minimum absolute atomic E-state index is 0.0279. The zero-order valence-corrected chi connectivity index (χ0v) is 13.4. The van der Waals surface area contributed by atoms with Crippen molar-refractivity contribution in [3.8, 4) is 5.75 Å². The molecule has 1 heterocycles. The van der Waals surface area contributed by atoms with Crippen molar-refractivity contribution in [2.45, 2.75) is 19.1 Å². The van der Waals surface area contributed by atoms with Crippen molar-refractivity contribution in [2.24, 2.45) is 0 Å². The number of benzene rings is 2. The van der Waals surface area contributed by atoms with Gasteiger partial charge in [0.05, 0.1) is 6.10 Å². The normalized spacial score (nSPS) is 17.3. The highest BCUT2D eigenvalue weighted by Crippen LogP contribution is 2.26. The van der Waals surface area contributed by atoms with Crippen LogP contribution in [0.4, 0.5) is 0 Å². The smallest absolute Gasteiger partial charge is 0.260 e. The molecule has 120 valence electrons. The van der Waals surface area contributed by atoms with E-state index in [-0.39, 0.29) is 12.5 Å². The Kier molecular flexibility index (Phi) is 4.84. The molecule has 1 N–H and O–H groups in total. The lowest BCUT2D eigenvalue weighted by atomic mass is 10.0. The zero-order valence-electron chi connectivity index (χ0n) is 12.6. The standard InChI is InChI=1S/C18H18ClNO3/c19-14-5-7-15(8-6-14)23-12-18(22)20-10-9-17(21)16-4-2-1-3-13(16)11-20/h1-8,17,21H,9-12H2. The number of ether oxygens (including phenoxy) is 1.